The summed E-state index contributed by atoms with van der Waals surface area (Å²) in [6.07, 6.45) is 4.09. The van der Waals surface area contributed by atoms with Crippen LogP contribution in [-0.4, -0.2) is 13.1 Å². The van der Waals surface area contributed by atoms with Gasteiger partial charge in [0.1, 0.15) is 0 Å². The molecular weight excluding hydrogens is 194 g/mol. The van der Waals surface area contributed by atoms with Gasteiger partial charge in [-0.1, -0.05) is 54.4 Å². The number of hydrogen-bond acceptors (Lipinski definition) is 1. The standard InChI is InChI=1S/C15H33N/c1-7-8-14(6)9-15(13(4)5)11-16-10-12(2)3/h12-16H,7-11H2,1-6H3. The maximum atomic E-state index is 3.61. The highest BCUT2D eigenvalue weighted by molar-refractivity contribution is 4.69. The highest BCUT2D eigenvalue weighted by atomic mass is 14.9. The van der Waals surface area contributed by atoms with Crippen molar-refractivity contribution in [3.05, 3.63) is 0 Å². The zero-order chi connectivity index (χ0) is 12.6. The molecule has 0 saturated carbocycles. The Morgan fingerprint density at radius 2 is 1.56 bits per heavy atom. The van der Waals surface area contributed by atoms with Gasteiger partial charge in [0.25, 0.3) is 0 Å². The van der Waals surface area contributed by atoms with Crippen molar-refractivity contribution >= 4 is 0 Å². The minimum absolute atomic E-state index is 0.765. The molecule has 16 heavy (non-hydrogen) atoms. The average molecular weight is 227 g/mol. The van der Waals surface area contributed by atoms with Crippen molar-refractivity contribution in [1.29, 1.82) is 0 Å². The third-order valence-electron chi connectivity index (χ3n) is 3.39. The van der Waals surface area contributed by atoms with Gasteiger partial charge in [0.05, 0.1) is 0 Å². The van der Waals surface area contributed by atoms with Gasteiger partial charge in [-0.25, -0.2) is 0 Å². The largest absolute Gasteiger partial charge is 0.316 e. The molecule has 98 valence electrons. The smallest absolute Gasteiger partial charge is 0.00179 e. The van der Waals surface area contributed by atoms with Crippen molar-refractivity contribution < 1.29 is 0 Å². The van der Waals surface area contributed by atoms with Crippen molar-refractivity contribution in [2.45, 2.75) is 60.8 Å². The second-order valence-corrected chi connectivity index (χ2v) is 6.19. The molecule has 0 heterocycles. The van der Waals surface area contributed by atoms with Gasteiger partial charge in [-0.05, 0) is 43.2 Å². The Kier molecular flexibility index (Phi) is 9.02. The summed E-state index contributed by atoms with van der Waals surface area (Å²) in [6.45, 7) is 16.3. The van der Waals surface area contributed by atoms with E-state index < -0.39 is 0 Å². The molecule has 0 aliphatic rings. The Balaban J connectivity index is 3.88. The van der Waals surface area contributed by atoms with Crippen LogP contribution in [-0.2, 0) is 0 Å². The fraction of sp³-hybridized carbons (Fsp3) is 1.00. The van der Waals surface area contributed by atoms with E-state index in [1.54, 1.807) is 0 Å². The van der Waals surface area contributed by atoms with Crippen LogP contribution in [0.2, 0.25) is 0 Å². The van der Waals surface area contributed by atoms with Crippen LogP contribution in [0.3, 0.4) is 0 Å². The molecule has 0 aliphatic heterocycles. The van der Waals surface area contributed by atoms with Crippen molar-refractivity contribution in [3.63, 3.8) is 0 Å². The molecule has 0 fully saturated rings. The van der Waals surface area contributed by atoms with Crippen LogP contribution in [0, 0.1) is 23.7 Å². The van der Waals surface area contributed by atoms with Crippen LogP contribution in [0.25, 0.3) is 0 Å². The number of rotatable bonds is 9. The minimum atomic E-state index is 0.765. The van der Waals surface area contributed by atoms with Gasteiger partial charge in [0, 0.05) is 0 Å². The molecule has 1 heteroatoms. The summed E-state index contributed by atoms with van der Waals surface area (Å²) in [5.41, 5.74) is 0. The molecule has 2 atom stereocenters. The van der Waals surface area contributed by atoms with Gasteiger partial charge >= 0.3 is 0 Å². The molecule has 0 bridgehead atoms. The van der Waals surface area contributed by atoms with Crippen molar-refractivity contribution in [2.75, 3.05) is 13.1 Å². The van der Waals surface area contributed by atoms with E-state index in [4.69, 9.17) is 0 Å². The SMILES string of the molecule is CCCC(C)CC(CNCC(C)C)C(C)C. The van der Waals surface area contributed by atoms with Crippen LogP contribution >= 0.6 is 0 Å². The van der Waals surface area contributed by atoms with Gasteiger partial charge in [-0.2, -0.15) is 0 Å². The zero-order valence-electron chi connectivity index (χ0n) is 12.3. The van der Waals surface area contributed by atoms with Crippen LogP contribution in [0.5, 0.6) is 0 Å². The molecule has 0 spiro atoms. The van der Waals surface area contributed by atoms with Gasteiger partial charge in [0.15, 0.2) is 0 Å². The molecule has 1 nitrogen and oxygen atoms in total. The zero-order valence-corrected chi connectivity index (χ0v) is 12.3. The van der Waals surface area contributed by atoms with Gasteiger partial charge in [-0.15, -0.1) is 0 Å². The molecule has 0 aromatic rings. The highest BCUT2D eigenvalue weighted by Gasteiger charge is 2.16. The molecule has 0 radical (unpaired) electrons. The normalized spacial score (nSPS) is 15.8. The van der Waals surface area contributed by atoms with Crippen LogP contribution in [0.15, 0.2) is 0 Å². The Morgan fingerprint density at radius 3 is 2.00 bits per heavy atom. The van der Waals surface area contributed by atoms with Crippen LogP contribution in [0.1, 0.15) is 60.8 Å². The summed E-state index contributed by atoms with van der Waals surface area (Å²) in [4.78, 5) is 0. The molecular formula is C15H33N. The van der Waals surface area contributed by atoms with E-state index >= 15 is 0 Å². The second-order valence-electron chi connectivity index (χ2n) is 6.19. The fourth-order valence-electron chi connectivity index (χ4n) is 2.28. The molecule has 0 saturated heterocycles. The summed E-state index contributed by atoms with van der Waals surface area (Å²) in [5.74, 6) is 3.30. The van der Waals surface area contributed by atoms with E-state index in [1.165, 1.54) is 25.8 Å². The average Bonchev–Trinajstić information content (AvgIpc) is 2.15. The van der Waals surface area contributed by atoms with E-state index in [0.29, 0.717) is 0 Å². The highest BCUT2D eigenvalue weighted by Crippen LogP contribution is 2.22. The van der Waals surface area contributed by atoms with E-state index in [1.807, 2.05) is 0 Å². The lowest BCUT2D eigenvalue weighted by atomic mass is 9.85. The molecule has 0 aromatic carbocycles. The quantitative estimate of drug-likeness (QED) is 0.618. The lowest BCUT2D eigenvalue weighted by Crippen LogP contribution is -2.30. The minimum Gasteiger partial charge on any atom is -0.316 e. The van der Waals surface area contributed by atoms with E-state index in [9.17, 15) is 0 Å². The molecule has 1 N–H and O–H groups in total. The van der Waals surface area contributed by atoms with E-state index in [2.05, 4.69) is 46.9 Å². The number of hydrogen-bond donors (Lipinski definition) is 1. The van der Waals surface area contributed by atoms with Gasteiger partial charge < -0.3 is 5.32 Å². The maximum Gasteiger partial charge on any atom is -0.00179 e. The molecule has 0 aromatic heterocycles. The third-order valence-corrected chi connectivity index (χ3v) is 3.39. The molecule has 0 amide bonds. The second kappa shape index (κ2) is 9.04. The first-order valence-corrected chi connectivity index (χ1v) is 7.18. The van der Waals surface area contributed by atoms with Crippen molar-refractivity contribution in [3.8, 4) is 0 Å². The number of nitrogens with one attached hydrogen (secondary N) is 1. The first kappa shape index (κ1) is 16.0. The van der Waals surface area contributed by atoms with Gasteiger partial charge in [0.2, 0.25) is 0 Å². The monoisotopic (exact) mass is 227 g/mol. The molecule has 2 unspecified atom stereocenters. The fourth-order valence-corrected chi connectivity index (χ4v) is 2.28. The lowest BCUT2D eigenvalue weighted by molar-refractivity contribution is 0.283. The Labute approximate surface area is 103 Å². The first-order valence-electron chi connectivity index (χ1n) is 7.18. The Bertz CT molecular complexity index is 152. The molecule has 0 rings (SSSR count). The Hall–Kier alpha value is -0.0400. The summed E-state index contributed by atoms with van der Waals surface area (Å²) < 4.78 is 0. The lowest BCUT2D eigenvalue weighted by Gasteiger charge is -2.25. The van der Waals surface area contributed by atoms with Crippen molar-refractivity contribution in [1.82, 2.24) is 5.32 Å². The predicted octanol–water partition coefficient (Wildman–Crippen LogP) is 4.33. The van der Waals surface area contributed by atoms with Crippen molar-refractivity contribution in [2.24, 2.45) is 23.7 Å². The van der Waals surface area contributed by atoms with E-state index in [0.717, 1.165) is 30.2 Å². The van der Waals surface area contributed by atoms with E-state index in [-0.39, 0.29) is 0 Å². The summed E-state index contributed by atoms with van der Waals surface area (Å²) in [6, 6.07) is 0. The van der Waals surface area contributed by atoms with Crippen LogP contribution < -0.4 is 5.32 Å². The summed E-state index contributed by atoms with van der Waals surface area (Å²) >= 11 is 0. The topological polar surface area (TPSA) is 12.0 Å². The van der Waals surface area contributed by atoms with Crippen LogP contribution in [0.4, 0.5) is 0 Å². The Morgan fingerprint density at radius 1 is 0.938 bits per heavy atom. The third kappa shape index (κ3) is 8.15. The molecule has 0 aliphatic carbocycles. The first-order chi connectivity index (χ1) is 7.47. The summed E-state index contributed by atoms with van der Waals surface area (Å²) in [7, 11) is 0. The summed E-state index contributed by atoms with van der Waals surface area (Å²) in [5, 5.41) is 3.61. The maximum absolute atomic E-state index is 3.61. The predicted molar refractivity (Wildman–Crippen MR) is 74.7 cm³/mol. The van der Waals surface area contributed by atoms with Gasteiger partial charge in [-0.3, -0.25) is 0 Å².